The second kappa shape index (κ2) is 4.49. The molecule has 0 aliphatic rings. The predicted octanol–water partition coefficient (Wildman–Crippen LogP) is 0.623. The lowest BCUT2D eigenvalue weighted by molar-refractivity contribution is 0.435. The van der Waals surface area contributed by atoms with Gasteiger partial charge >= 0.3 is 6.41 Å². The molecule has 1 aromatic heterocycles. The molecule has 1 radical (unpaired) electrons. The van der Waals surface area contributed by atoms with Crippen molar-refractivity contribution in [1.29, 1.82) is 0 Å². The summed E-state index contributed by atoms with van der Waals surface area (Å²) >= 11 is 0. The van der Waals surface area contributed by atoms with E-state index in [0.717, 1.165) is 12.1 Å². The van der Waals surface area contributed by atoms with Crippen LogP contribution in [0, 0.1) is 0 Å². The smallest absolute Gasteiger partial charge is 0.311 e. The van der Waals surface area contributed by atoms with E-state index in [-0.39, 0.29) is 0 Å². The van der Waals surface area contributed by atoms with E-state index in [1.165, 1.54) is 4.90 Å². The summed E-state index contributed by atoms with van der Waals surface area (Å²) in [7, 11) is 1.70. The molecule has 0 aliphatic carbocycles. The number of hydrogen-bond donors (Lipinski definition) is 0. The molecule has 0 saturated carbocycles. The zero-order valence-corrected chi connectivity index (χ0v) is 7.03. The maximum absolute atomic E-state index is 10.1. The molecular formula is C9H11N2O. The monoisotopic (exact) mass is 163 g/mol. The van der Waals surface area contributed by atoms with Crippen LogP contribution in [0.1, 0.15) is 5.69 Å². The van der Waals surface area contributed by atoms with Crippen LogP contribution in [0.2, 0.25) is 0 Å². The molecule has 0 atom stereocenters. The summed E-state index contributed by atoms with van der Waals surface area (Å²) in [5.74, 6) is 0. The molecule has 1 heterocycles. The third kappa shape index (κ3) is 2.70. The molecule has 0 N–H and O–H groups in total. The van der Waals surface area contributed by atoms with E-state index < -0.39 is 0 Å². The number of nitrogens with zero attached hydrogens (tertiary/aromatic N) is 2. The van der Waals surface area contributed by atoms with Crippen LogP contribution in [0.4, 0.5) is 0 Å². The largest absolute Gasteiger partial charge is 0.337 e. The van der Waals surface area contributed by atoms with Crippen molar-refractivity contribution in [3.8, 4) is 0 Å². The SMILES string of the molecule is CN([C]=O)CCc1ccccn1. The summed E-state index contributed by atoms with van der Waals surface area (Å²) in [4.78, 5) is 15.7. The van der Waals surface area contributed by atoms with Crippen molar-refractivity contribution in [1.82, 2.24) is 9.88 Å². The summed E-state index contributed by atoms with van der Waals surface area (Å²) in [6.07, 6.45) is 4.32. The standard InChI is InChI=1S/C9H11N2O/c1-11(8-12)7-5-9-4-2-3-6-10-9/h2-4,6H,5,7H2,1H3. The van der Waals surface area contributed by atoms with Gasteiger partial charge in [0.2, 0.25) is 0 Å². The van der Waals surface area contributed by atoms with Crippen molar-refractivity contribution >= 4 is 6.41 Å². The Bertz CT molecular complexity index is 236. The first kappa shape index (κ1) is 8.71. The normalized spacial score (nSPS) is 9.42. The lowest BCUT2D eigenvalue weighted by Gasteiger charge is -2.07. The summed E-state index contributed by atoms with van der Waals surface area (Å²) in [6, 6.07) is 5.75. The molecule has 12 heavy (non-hydrogen) atoms. The molecule has 0 aromatic carbocycles. The van der Waals surface area contributed by atoms with Gasteiger partial charge in [-0.25, -0.2) is 0 Å². The molecule has 3 heteroatoms. The first-order valence-electron chi connectivity index (χ1n) is 3.82. The maximum Gasteiger partial charge on any atom is 0.311 e. The number of carbonyl (C=O) groups excluding carboxylic acids is 1. The number of hydrogen-bond acceptors (Lipinski definition) is 2. The molecular weight excluding hydrogens is 152 g/mol. The molecule has 0 bridgehead atoms. The van der Waals surface area contributed by atoms with Gasteiger partial charge in [-0.3, -0.25) is 9.78 Å². The first-order chi connectivity index (χ1) is 5.83. The van der Waals surface area contributed by atoms with Crippen molar-refractivity contribution in [2.45, 2.75) is 6.42 Å². The van der Waals surface area contributed by atoms with Crippen LogP contribution in [0.3, 0.4) is 0 Å². The fourth-order valence-corrected chi connectivity index (χ4v) is 0.874. The number of rotatable bonds is 4. The van der Waals surface area contributed by atoms with E-state index in [9.17, 15) is 4.79 Å². The molecule has 0 spiro atoms. The summed E-state index contributed by atoms with van der Waals surface area (Å²) in [6.45, 7) is 0.667. The number of amides is 1. The highest BCUT2D eigenvalue weighted by Crippen LogP contribution is 1.94. The molecule has 0 fully saturated rings. The molecule has 0 aliphatic heterocycles. The Labute approximate surface area is 72.0 Å². The van der Waals surface area contributed by atoms with Gasteiger partial charge in [-0.1, -0.05) is 6.07 Å². The van der Waals surface area contributed by atoms with E-state index >= 15 is 0 Å². The third-order valence-electron chi connectivity index (χ3n) is 1.59. The van der Waals surface area contributed by atoms with E-state index in [0.29, 0.717) is 6.54 Å². The fourth-order valence-electron chi connectivity index (χ4n) is 0.874. The van der Waals surface area contributed by atoms with Gasteiger partial charge in [0.05, 0.1) is 0 Å². The molecule has 1 rings (SSSR count). The van der Waals surface area contributed by atoms with E-state index in [1.54, 1.807) is 19.7 Å². The van der Waals surface area contributed by atoms with Gasteiger partial charge in [-0.05, 0) is 12.1 Å². The molecule has 1 amide bonds. The molecule has 63 valence electrons. The summed E-state index contributed by atoms with van der Waals surface area (Å²) in [5.41, 5.74) is 1.000. The summed E-state index contributed by atoms with van der Waals surface area (Å²) < 4.78 is 0. The molecule has 1 aromatic rings. The Kier molecular flexibility index (Phi) is 3.26. The quantitative estimate of drug-likeness (QED) is 0.610. The van der Waals surface area contributed by atoms with Crippen molar-refractivity contribution < 1.29 is 4.79 Å². The maximum atomic E-state index is 10.1. The second-order valence-electron chi connectivity index (χ2n) is 2.58. The minimum atomic E-state index is 0.667. The number of pyridine rings is 1. The van der Waals surface area contributed by atoms with Crippen LogP contribution in [0.25, 0.3) is 0 Å². The van der Waals surface area contributed by atoms with E-state index in [1.807, 2.05) is 18.2 Å². The molecule has 3 nitrogen and oxygen atoms in total. The van der Waals surface area contributed by atoms with Crippen LogP contribution < -0.4 is 0 Å². The molecule has 0 saturated heterocycles. The van der Waals surface area contributed by atoms with Crippen LogP contribution in [-0.2, 0) is 11.2 Å². The van der Waals surface area contributed by atoms with Crippen molar-refractivity contribution in [2.24, 2.45) is 0 Å². The van der Waals surface area contributed by atoms with Crippen LogP contribution in [0.5, 0.6) is 0 Å². The molecule has 0 unspecified atom stereocenters. The lowest BCUT2D eigenvalue weighted by Crippen LogP contribution is -2.19. The Morgan fingerprint density at radius 2 is 2.42 bits per heavy atom. The third-order valence-corrected chi connectivity index (χ3v) is 1.59. The number of likely N-dealkylation sites (N-methyl/N-ethyl adjacent to an activating group) is 1. The highest BCUT2D eigenvalue weighted by atomic mass is 16.1. The predicted molar refractivity (Wildman–Crippen MR) is 46.3 cm³/mol. The minimum Gasteiger partial charge on any atom is -0.337 e. The zero-order chi connectivity index (χ0) is 8.81. The van der Waals surface area contributed by atoms with Crippen LogP contribution >= 0.6 is 0 Å². The second-order valence-corrected chi connectivity index (χ2v) is 2.58. The zero-order valence-electron chi connectivity index (χ0n) is 7.03. The highest BCUT2D eigenvalue weighted by Gasteiger charge is 1.96. The van der Waals surface area contributed by atoms with Gasteiger partial charge in [0.25, 0.3) is 0 Å². The Morgan fingerprint density at radius 3 is 3.00 bits per heavy atom. The van der Waals surface area contributed by atoms with E-state index in [2.05, 4.69) is 4.98 Å². The number of aromatic nitrogens is 1. The fraction of sp³-hybridized carbons (Fsp3) is 0.333. The van der Waals surface area contributed by atoms with Gasteiger partial charge in [0.1, 0.15) is 0 Å². The van der Waals surface area contributed by atoms with Gasteiger partial charge < -0.3 is 4.90 Å². The lowest BCUT2D eigenvalue weighted by atomic mass is 10.3. The highest BCUT2D eigenvalue weighted by molar-refractivity contribution is 5.47. The van der Waals surface area contributed by atoms with Crippen molar-refractivity contribution in [3.63, 3.8) is 0 Å². The summed E-state index contributed by atoms with van der Waals surface area (Å²) in [5, 5.41) is 0. The van der Waals surface area contributed by atoms with Crippen LogP contribution in [0.15, 0.2) is 24.4 Å². The Hall–Kier alpha value is -1.38. The van der Waals surface area contributed by atoms with Crippen molar-refractivity contribution in [2.75, 3.05) is 13.6 Å². The van der Waals surface area contributed by atoms with Gasteiger partial charge in [0, 0.05) is 31.9 Å². The first-order valence-corrected chi connectivity index (χ1v) is 3.82. The van der Waals surface area contributed by atoms with Gasteiger partial charge in [-0.2, -0.15) is 0 Å². The van der Waals surface area contributed by atoms with Gasteiger partial charge in [0.15, 0.2) is 0 Å². The van der Waals surface area contributed by atoms with Gasteiger partial charge in [-0.15, -0.1) is 0 Å². The Morgan fingerprint density at radius 1 is 1.58 bits per heavy atom. The van der Waals surface area contributed by atoms with Crippen molar-refractivity contribution in [3.05, 3.63) is 30.1 Å². The van der Waals surface area contributed by atoms with Crippen LogP contribution in [-0.4, -0.2) is 29.9 Å². The van der Waals surface area contributed by atoms with E-state index in [4.69, 9.17) is 0 Å². The Balaban J connectivity index is 2.38. The average Bonchev–Trinajstić information content (AvgIpc) is 2.16. The minimum absolute atomic E-state index is 0.667. The topological polar surface area (TPSA) is 33.2 Å². The average molecular weight is 163 g/mol.